The van der Waals surface area contributed by atoms with Crippen molar-refractivity contribution in [2.24, 2.45) is 0 Å². The summed E-state index contributed by atoms with van der Waals surface area (Å²) in [5.41, 5.74) is 0.581. The number of rotatable bonds is 5. The minimum Gasteiger partial charge on any atom is -0.378 e. The van der Waals surface area contributed by atoms with Gasteiger partial charge < -0.3 is 9.64 Å². The minimum absolute atomic E-state index is 0.0266. The molecule has 2 aromatic rings. The van der Waals surface area contributed by atoms with E-state index in [1.54, 1.807) is 11.0 Å². The normalized spacial score (nSPS) is 14.8. The van der Waals surface area contributed by atoms with Gasteiger partial charge in [0.1, 0.15) is 5.82 Å². The molecule has 0 aliphatic carbocycles. The smallest absolute Gasteiger partial charge is 0.261 e. The number of benzene rings is 2. The van der Waals surface area contributed by atoms with Crippen molar-refractivity contribution in [1.29, 1.82) is 0 Å². The van der Waals surface area contributed by atoms with Crippen molar-refractivity contribution in [2.45, 2.75) is 9.79 Å². The van der Waals surface area contributed by atoms with E-state index in [4.69, 9.17) is 4.74 Å². The van der Waals surface area contributed by atoms with Gasteiger partial charge in [0, 0.05) is 23.7 Å². The third-order valence-corrected chi connectivity index (χ3v) is 6.28. The van der Waals surface area contributed by atoms with Crippen LogP contribution in [0.5, 0.6) is 0 Å². The van der Waals surface area contributed by atoms with Crippen molar-refractivity contribution in [2.75, 3.05) is 37.3 Å². The predicted octanol–water partition coefficient (Wildman–Crippen LogP) is 2.82. The fourth-order valence-electron chi connectivity index (χ4n) is 2.69. The molecular weight excluding hydrogens is 391 g/mol. The third-order valence-electron chi connectivity index (χ3n) is 4.11. The number of amides is 1. The van der Waals surface area contributed by atoms with E-state index in [9.17, 15) is 17.6 Å². The second-order valence-corrected chi connectivity index (χ2v) is 8.41. The van der Waals surface area contributed by atoms with Crippen LogP contribution < -0.4 is 4.72 Å². The number of thioether (sulfide) groups is 1. The molecule has 1 amide bonds. The summed E-state index contributed by atoms with van der Waals surface area (Å²) in [6.45, 7) is 1.86. The van der Waals surface area contributed by atoms with Crippen molar-refractivity contribution in [1.82, 2.24) is 4.90 Å². The Bertz CT molecular complexity index is 927. The monoisotopic (exact) mass is 410 g/mol. The van der Waals surface area contributed by atoms with Gasteiger partial charge in [-0.1, -0.05) is 0 Å². The largest absolute Gasteiger partial charge is 0.378 e. The first-order chi connectivity index (χ1) is 12.9. The molecule has 0 spiro atoms. The molecule has 1 saturated heterocycles. The van der Waals surface area contributed by atoms with E-state index in [0.29, 0.717) is 36.8 Å². The summed E-state index contributed by atoms with van der Waals surface area (Å²) in [4.78, 5) is 15.2. The van der Waals surface area contributed by atoms with E-state index in [2.05, 4.69) is 4.72 Å². The van der Waals surface area contributed by atoms with Gasteiger partial charge >= 0.3 is 0 Å². The second kappa shape index (κ2) is 8.28. The fraction of sp³-hybridized carbons (Fsp3) is 0.278. The maximum Gasteiger partial charge on any atom is 0.261 e. The molecule has 9 heteroatoms. The van der Waals surface area contributed by atoms with Crippen LogP contribution in [0.2, 0.25) is 0 Å². The predicted molar refractivity (Wildman–Crippen MR) is 102 cm³/mol. The molecule has 144 valence electrons. The van der Waals surface area contributed by atoms with E-state index in [1.807, 2.05) is 6.26 Å². The van der Waals surface area contributed by atoms with Gasteiger partial charge in [0.15, 0.2) is 0 Å². The van der Waals surface area contributed by atoms with Gasteiger partial charge in [-0.25, -0.2) is 12.8 Å². The number of carbonyl (C=O) groups is 1. The molecule has 1 heterocycles. The number of halogens is 1. The molecule has 1 fully saturated rings. The lowest BCUT2D eigenvalue weighted by atomic mass is 10.2. The number of morpholine rings is 1. The number of anilines is 1. The van der Waals surface area contributed by atoms with Crippen molar-refractivity contribution in [3.63, 3.8) is 0 Å². The third kappa shape index (κ3) is 4.60. The molecule has 3 rings (SSSR count). The number of sulfonamides is 1. The van der Waals surface area contributed by atoms with Gasteiger partial charge in [-0.05, 0) is 48.7 Å². The molecule has 0 atom stereocenters. The van der Waals surface area contributed by atoms with Crippen LogP contribution in [0.3, 0.4) is 0 Å². The standard InChI is InChI=1S/C18H19FN2O4S2/c1-26-17-7-6-15(12-16(17)18(22)21-8-10-25-11-9-21)27(23,24)20-14-4-2-13(19)3-5-14/h2-7,12,20H,8-11H2,1H3. The van der Waals surface area contributed by atoms with Crippen LogP contribution >= 0.6 is 11.8 Å². The average molecular weight is 410 g/mol. The van der Waals surface area contributed by atoms with Gasteiger partial charge in [-0.3, -0.25) is 9.52 Å². The molecule has 1 aliphatic rings. The molecule has 2 aromatic carbocycles. The van der Waals surface area contributed by atoms with Crippen molar-refractivity contribution < 1.29 is 22.3 Å². The highest BCUT2D eigenvalue weighted by Gasteiger charge is 2.24. The van der Waals surface area contributed by atoms with Crippen LogP contribution in [0.1, 0.15) is 10.4 Å². The van der Waals surface area contributed by atoms with Gasteiger partial charge in [0.05, 0.1) is 23.7 Å². The van der Waals surface area contributed by atoms with E-state index in [1.165, 1.54) is 48.2 Å². The van der Waals surface area contributed by atoms with Crippen molar-refractivity contribution >= 4 is 33.4 Å². The molecule has 0 unspecified atom stereocenters. The molecule has 1 N–H and O–H groups in total. The molecule has 1 aliphatic heterocycles. The Morgan fingerprint density at radius 2 is 1.81 bits per heavy atom. The Morgan fingerprint density at radius 1 is 1.15 bits per heavy atom. The summed E-state index contributed by atoms with van der Waals surface area (Å²) in [5.74, 6) is -0.679. The van der Waals surface area contributed by atoms with Gasteiger partial charge in [-0.15, -0.1) is 11.8 Å². The summed E-state index contributed by atoms with van der Waals surface area (Å²) < 4.78 is 46.0. The lowest BCUT2D eigenvalue weighted by molar-refractivity contribution is 0.0300. The minimum atomic E-state index is -3.92. The molecule has 0 bridgehead atoms. The lowest BCUT2D eigenvalue weighted by Gasteiger charge is -2.27. The van der Waals surface area contributed by atoms with E-state index in [0.717, 1.165) is 0 Å². The van der Waals surface area contributed by atoms with E-state index >= 15 is 0 Å². The SMILES string of the molecule is CSc1ccc(S(=O)(=O)Nc2ccc(F)cc2)cc1C(=O)N1CCOCC1. The summed E-state index contributed by atoms with van der Waals surface area (Å²) in [6.07, 6.45) is 1.83. The number of hydrogen-bond acceptors (Lipinski definition) is 5. The van der Waals surface area contributed by atoms with Gasteiger partial charge in [0.25, 0.3) is 15.9 Å². The summed E-state index contributed by atoms with van der Waals surface area (Å²) >= 11 is 1.38. The lowest BCUT2D eigenvalue weighted by Crippen LogP contribution is -2.40. The van der Waals surface area contributed by atoms with Crippen molar-refractivity contribution in [3.8, 4) is 0 Å². The van der Waals surface area contributed by atoms with Crippen LogP contribution in [0.15, 0.2) is 52.3 Å². The van der Waals surface area contributed by atoms with E-state index in [-0.39, 0.29) is 16.5 Å². The van der Waals surface area contributed by atoms with Crippen LogP contribution in [0, 0.1) is 5.82 Å². The summed E-state index contributed by atoms with van der Waals surface area (Å²) in [6, 6.07) is 9.47. The van der Waals surface area contributed by atoms with Crippen LogP contribution in [-0.4, -0.2) is 51.8 Å². The highest BCUT2D eigenvalue weighted by molar-refractivity contribution is 7.98. The molecule has 27 heavy (non-hydrogen) atoms. The Hall–Kier alpha value is -2.10. The number of carbonyl (C=O) groups excluding carboxylic acids is 1. The van der Waals surface area contributed by atoms with Crippen LogP contribution in [0.4, 0.5) is 10.1 Å². The topological polar surface area (TPSA) is 75.7 Å². The number of nitrogens with one attached hydrogen (secondary N) is 1. The first-order valence-electron chi connectivity index (χ1n) is 8.24. The molecule has 0 saturated carbocycles. The zero-order valence-corrected chi connectivity index (χ0v) is 16.3. The number of ether oxygens (including phenoxy) is 1. The zero-order valence-electron chi connectivity index (χ0n) is 14.6. The van der Waals surface area contributed by atoms with Crippen LogP contribution in [0.25, 0.3) is 0 Å². The quantitative estimate of drug-likeness (QED) is 0.767. The molecule has 6 nitrogen and oxygen atoms in total. The molecule has 0 aromatic heterocycles. The average Bonchev–Trinajstić information content (AvgIpc) is 2.69. The zero-order chi connectivity index (χ0) is 19.4. The Kier molecular flexibility index (Phi) is 6.03. The van der Waals surface area contributed by atoms with E-state index < -0.39 is 15.8 Å². The summed E-state index contributed by atoms with van der Waals surface area (Å²) in [5, 5.41) is 0. The Morgan fingerprint density at radius 3 is 2.44 bits per heavy atom. The first-order valence-corrected chi connectivity index (χ1v) is 10.9. The number of nitrogens with zero attached hydrogens (tertiary/aromatic N) is 1. The van der Waals surface area contributed by atoms with Gasteiger partial charge in [0.2, 0.25) is 0 Å². The van der Waals surface area contributed by atoms with Crippen LogP contribution in [-0.2, 0) is 14.8 Å². The summed E-state index contributed by atoms with van der Waals surface area (Å²) in [7, 11) is -3.92. The number of hydrogen-bond donors (Lipinski definition) is 1. The Labute approximate surface area is 161 Å². The highest BCUT2D eigenvalue weighted by Crippen LogP contribution is 2.26. The fourth-order valence-corrected chi connectivity index (χ4v) is 4.34. The highest BCUT2D eigenvalue weighted by atomic mass is 32.2. The maximum absolute atomic E-state index is 13.0. The first kappa shape index (κ1) is 19.7. The molecule has 0 radical (unpaired) electrons. The van der Waals surface area contributed by atoms with Crippen molar-refractivity contribution in [3.05, 3.63) is 53.8 Å². The molecular formula is C18H19FN2O4S2. The van der Waals surface area contributed by atoms with Gasteiger partial charge in [-0.2, -0.15) is 0 Å². The maximum atomic E-state index is 13.0. The Balaban J connectivity index is 1.91. The second-order valence-electron chi connectivity index (χ2n) is 5.88.